The van der Waals surface area contributed by atoms with Crippen molar-refractivity contribution in [1.29, 1.82) is 0 Å². The van der Waals surface area contributed by atoms with E-state index in [4.69, 9.17) is 0 Å². The van der Waals surface area contributed by atoms with Gasteiger partial charge >= 0.3 is 0 Å². The van der Waals surface area contributed by atoms with Gasteiger partial charge in [0.2, 0.25) is 5.91 Å². The highest BCUT2D eigenvalue weighted by Gasteiger charge is 2.18. The maximum atomic E-state index is 11.3. The van der Waals surface area contributed by atoms with Gasteiger partial charge in [-0.3, -0.25) is 4.79 Å². The minimum atomic E-state index is 0.231. The summed E-state index contributed by atoms with van der Waals surface area (Å²) in [7, 11) is 0. The topological polar surface area (TPSA) is 38.1 Å². The Morgan fingerprint density at radius 1 is 1.35 bits per heavy atom. The lowest BCUT2D eigenvalue weighted by molar-refractivity contribution is -0.127. The van der Waals surface area contributed by atoms with Crippen LogP contribution >= 0.6 is 0 Å². The van der Waals surface area contributed by atoms with Gasteiger partial charge in [-0.1, -0.05) is 11.8 Å². The van der Waals surface area contributed by atoms with Crippen molar-refractivity contribution in [3.8, 4) is 11.8 Å². The van der Waals surface area contributed by atoms with Crippen LogP contribution < -0.4 is 0 Å². The van der Waals surface area contributed by atoms with Crippen LogP contribution in [-0.4, -0.2) is 33.4 Å². The fourth-order valence-electron chi connectivity index (χ4n) is 1.99. The van der Waals surface area contributed by atoms with Gasteiger partial charge in [-0.2, -0.15) is 0 Å². The van der Waals surface area contributed by atoms with Crippen LogP contribution in [0.2, 0.25) is 0 Å². The van der Waals surface area contributed by atoms with E-state index in [-0.39, 0.29) is 5.91 Å². The Morgan fingerprint density at radius 2 is 2.12 bits per heavy atom. The van der Waals surface area contributed by atoms with Crippen LogP contribution in [0, 0.1) is 25.7 Å². The monoisotopic (exact) mass is 231 g/mol. The van der Waals surface area contributed by atoms with Crippen molar-refractivity contribution in [1.82, 2.24) is 14.5 Å². The highest BCUT2D eigenvalue weighted by atomic mass is 16.2. The van der Waals surface area contributed by atoms with Crippen molar-refractivity contribution in [3.63, 3.8) is 0 Å². The maximum absolute atomic E-state index is 11.3. The summed E-state index contributed by atoms with van der Waals surface area (Å²) < 4.78 is 2.02. The largest absolute Gasteiger partial charge is 0.332 e. The third-order valence-electron chi connectivity index (χ3n) is 2.91. The van der Waals surface area contributed by atoms with E-state index in [9.17, 15) is 4.79 Å². The predicted octanol–water partition coefficient (Wildman–Crippen LogP) is 1.13. The lowest BCUT2D eigenvalue weighted by Crippen LogP contribution is -2.24. The fourth-order valence-corrected chi connectivity index (χ4v) is 1.99. The summed E-state index contributed by atoms with van der Waals surface area (Å²) in [4.78, 5) is 17.5. The maximum Gasteiger partial charge on any atom is 0.223 e. The summed E-state index contributed by atoms with van der Waals surface area (Å²) in [6, 6.07) is 0. The summed E-state index contributed by atoms with van der Waals surface area (Å²) in [5.74, 6) is 7.34. The quantitative estimate of drug-likeness (QED) is 0.715. The molecule has 4 heteroatoms. The van der Waals surface area contributed by atoms with Gasteiger partial charge in [0.1, 0.15) is 5.82 Å². The lowest BCUT2D eigenvalue weighted by atomic mass is 10.4. The van der Waals surface area contributed by atoms with Crippen LogP contribution in [0.5, 0.6) is 0 Å². The molecule has 2 rings (SSSR count). The van der Waals surface area contributed by atoms with Gasteiger partial charge in [0.15, 0.2) is 0 Å². The Morgan fingerprint density at radius 3 is 2.71 bits per heavy atom. The molecular weight excluding hydrogens is 214 g/mol. The Bertz CT molecular complexity index is 479. The van der Waals surface area contributed by atoms with Crippen LogP contribution in [0.25, 0.3) is 0 Å². The van der Waals surface area contributed by atoms with Crippen LogP contribution in [0.3, 0.4) is 0 Å². The van der Waals surface area contributed by atoms with Crippen LogP contribution in [-0.2, 0) is 11.3 Å². The van der Waals surface area contributed by atoms with Gasteiger partial charge in [-0.25, -0.2) is 4.98 Å². The average Bonchev–Trinajstić information content (AvgIpc) is 2.81. The molecule has 1 aliphatic rings. The zero-order chi connectivity index (χ0) is 12.3. The van der Waals surface area contributed by atoms with Crippen molar-refractivity contribution < 1.29 is 4.79 Å². The molecule has 2 heterocycles. The van der Waals surface area contributed by atoms with E-state index in [0.29, 0.717) is 19.5 Å². The van der Waals surface area contributed by atoms with Crippen LogP contribution in [0.4, 0.5) is 0 Å². The number of carbonyl (C=O) groups excluding carboxylic acids is 1. The normalized spacial score (nSPS) is 14.9. The molecule has 0 aliphatic carbocycles. The van der Waals surface area contributed by atoms with E-state index in [0.717, 1.165) is 24.5 Å². The number of aromatic nitrogens is 2. The molecule has 0 N–H and O–H groups in total. The SMILES string of the molecule is Cc1cn(CC#CCN2CCCC2=O)c(C)n1. The van der Waals surface area contributed by atoms with E-state index >= 15 is 0 Å². The molecule has 0 unspecified atom stereocenters. The smallest absolute Gasteiger partial charge is 0.223 e. The third kappa shape index (κ3) is 2.88. The molecule has 17 heavy (non-hydrogen) atoms. The van der Waals surface area contributed by atoms with Crippen molar-refractivity contribution in [3.05, 3.63) is 17.7 Å². The number of carbonyl (C=O) groups is 1. The van der Waals surface area contributed by atoms with Crippen LogP contribution in [0.15, 0.2) is 6.20 Å². The summed E-state index contributed by atoms with van der Waals surface area (Å²) >= 11 is 0. The zero-order valence-electron chi connectivity index (χ0n) is 10.4. The average molecular weight is 231 g/mol. The Hall–Kier alpha value is -1.76. The van der Waals surface area contributed by atoms with Gasteiger partial charge in [0.05, 0.1) is 18.8 Å². The molecule has 0 radical (unpaired) electrons. The summed E-state index contributed by atoms with van der Waals surface area (Å²) in [6.45, 7) is 6.01. The van der Waals surface area contributed by atoms with Gasteiger partial charge < -0.3 is 9.47 Å². The molecule has 0 saturated carbocycles. The molecule has 0 spiro atoms. The summed E-state index contributed by atoms with van der Waals surface area (Å²) in [5.41, 5.74) is 1.01. The molecule has 1 amide bonds. The van der Waals surface area contributed by atoms with Crippen LogP contribution in [0.1, 0.15) is 24.4 Å². The molecule has 0 bridgehead atoms. The number of aryl methyl sites for hydroxylation is 2. The molecule has 0 aromatic carbocycles. The second-order valence-corrected chi connectivity index (χ2v) is 4.33. The molecule has 90 valence electrons. The first-order valence-corrected chi connectivity index (χ1v) is 5.90. The summed E-state index contributed by atoms with van der Waals surface area (Å²) in [6.07, 6.45) is 3.65. The molecular formula is C13H17N3O. The Kier molecular flexibility index (Phi) is 3.48. The first kappa shape index (κ1) is 11.7. The molecule has 1 fully saturated rings. The minimum absolute atomic E-state index is 0.231. The number of imidazole rings is 1. The van der Waals surface area contributed by atoms with Gasteiger partial charge in [-0.15, -0.1) is 0 Å². The molecule has 1 aromatic rings. The first-order chi connectivity index (χ1) is 8.16. The molecule has 1 saturated heterocycles. The highest BCUT2D eigenvalue weighted by molar-refractivity contribution is 5.78. The minimum Gasteiger partial charge on any atom is -0.332 e. The van der Waals surface area contributed by atoms with Crippen molar-refractivity contribution in [2.24, 2.45) is 0 Å². The standard InChI is InChI=1S/C13H17N3O/c1-11-10-16(12(2)14-11)8-4-3-7-15-9-5-6-13(15)17/h10H,5-9H2,1-2H3. The molecule has 1 aromatic heterocycles. The van der Waals surface area contributed by atoms with E-state index < -0.39 is 0 Å². The second kappa shape index (κ2) is 5.05. The second-order valence-electron chi connectivity index (χ2n) is 4.33. The number of hydrogen-bond donors (Lipinski definition) is 0. The highest BCUT2D eigenvalue weighted by Crippen LogP contribution is 2.07. The first-order valence-electron chi connectivity index (χ1n) is 5.90. The fraction of sp³-hybridized carbons (Fsp3) is 0.538. The molecule has 1 aliphatic heterocycles. The Balaban J connectivity index is 1.86. The van der Waals surface area contributed by atoms with Crippen molar-refractivity contribution in [2.75, 3.05) is 13.1 Å². The predicted molar refractivity (Wildman–Crippen MR) is 65.3 cm³/mol. The number of hydrogen-bond acceptors (Lipinski definition) is 2. The number of rotatable bonds is 2. The van der Waals surface area contributed by atoms with E-state index in [1.807, 2.05) is 29.5 Å². The van der Waals surface area contributed by atoms with Gasteiger partial charge in [-0.05, 0) is 20.3 Å². The van der Waals surface area contributed by atoms with E-state index in [1.165, 1.54) is 0 Å². The third-order valence-corrected chi connectivity index (χ3v) is 2.91. The Labute approximate surface area is 102 Å². The summed E-state index contributed by atoms with van der Waals surface area (Å²) in [5, 5.41) is 0. The van der Waals surface area contributed by atoms with Crippen molar-refractivity contribution >= 4 is 5.91 Å². The molecule has 4 nitrogen and oxygen atoms in total. The number of amides is 1. The lowest BCUT2D eigenvalue weighted by Gasteiger charge is -2.09. The number of likely N-dealkylation sites (tertiary alicyclic amines) is 1. The van der Waals surface area contributed by atoms with Crippen molar-refractivity contribution in [2.45, 2.75) is 33.2 Å². The van der Waals surface area contributed by atoms with E-state index in [1.54, 1.807) is 0 Å². The molecule has 0 atom stereocenters. The van der Waals surface area contributed by atoms with Gasteiger partial charge in [0.25, 0.3) is 0 Å². The van der Waals surface area contributed by atoms with E-state index in [2.05, 4.69) is 16.8 Å². The zero-order valence-corrected chi connectivity index (χ0v) is 10.4. The number of nitrogens with zero attached hydrogens (tertiary/aromatic N) is 3. The van der Waals surface area contributed by atoms with Gasteiger partial charge in [0, 0.05) is 19.2 Å².